The van der Waals surface area contributed by atoms with Gasteiger partial charge in [-0.2, -0.15) is 0 Å². The van der Waals surface area contributed by atoms with E-state index in [-0.39, 0.29) is 11.7 Å². The van der Waals surface area contributed by atoms with Gasteiger partial charge in [-0.05, 0) is 31.2 Å². The second-order valence-corrected chi connectivity index (χ2v) is 5.69. The number of aryl methyl sites for hydroxylation is 1. The molecule has 0 radical (unpaired) electrons. The highest BCUT2D eigenvalue weighted by Crippen LogP contribution is 2.15. The van der Waals surface area contributed by atoms with Gasteiger partial charge in [0.25, 0.3) is 5.91 Å². The molecule has 0 aromatic heterocycles. The van der Waals surface area contributed by atoms with Crippen molar-refractivity contribution < 1.29 is 19.5 Å². The van der Waals surface area contributed by atoms with Gasteiger partial charge in [0, 0.05) is 29.4 Å². The molecule has 0 spiro atoms. The molecule has 0 saturated carbocycles. The van der Waals surface area contributed by atoms with Gasteiger partial charge in [0.2, 0.25) is 11.7 Å². The minimum atomic E-state index is -0.869. The van der Waals surface area contributed by atoms with Gasteiger partial charge in [-0.25, -0.2) is 0 Å². The third-order valence-corrected chi connectivity index (χ3v) is 3.59. The van der Waals surface area contributed by atoms with Crippen molar-refractivity contribution in [3.8, 4) is 0 Å². The minimum absolute atomic E-state index is 0.117. The number of anilines is 2. The fraction of sp³-hybridized carbons (Fsp3) is 0.150. The maximum atomic E-state index is 12.0. The van der Waals surface area contributed by atoms with E-state index in [2.05, 4.69) is 10.6 Å². The molecule has 2 amide bonds. The van der Waals surface area contributed by atoms with Gasteiger partial charge in [-0.1, -0.05) is 36.8 Å². The summed E-state index contributed by atoms with van der Waals surface area (Å²) in [5.41, 5.74) is 2.47. The molecule has 6 nitrogen and oxygen atoms in total. The van der Waals surface area contributed by atoms with Crippen LogP contribution in [-0.4, -0.2) is 22.7 Å². The Morgan fingerprint density at radius 3 is 2.00 bits per heavy atom. The van der Waals surface area contributed by atoms with Crippen molar-refractivity contribution in [3.63, 3.8) is 0 Å². The number of rotatable bonds is 6. The van der Waals surface area contributed by atoms with Crippen LogP contribution in [0.3, 0.4) is 0 Å². The first-order valence-corrected chi connectivity index (χ1v) is 8.12. The SMILES string of the molecule is CCC(=O)Nc1ccc(NC(=O)C(=O)/C=C(\O)c2ccc(C)cc2)cc1. The van der Waals surface area contributed by atoms with Gasteiger partial charge in [-0.3, -0.25) is 14.4 Å². The Morgan fingerprint density at radius 2 is 1.46 bits per heavy atom. The Labute approximate surface area is 151 Å². The lowest BCUT2D eigenvalue weighted by Gasteiger charge is -2.06. The number of amides is 2. The highest BCUT2D eigenvalue weighted by Gasteiger charge is 2.13. The van der Waals surface area contributed by atoms with E-state index in [1.165, 1.54) is 0 Å². The molecule has 0 aliphatic rings. The van der Waals surface area contributed by atoms with Crippen LogP contribution in [0.15, 0.2) is 54.6 Å². The molecule has 134 valence electrons. The highest BCUT2D eigenvalue weighted by atomic mass is 16.3. The smallest absolute Gasteiger partial charge is 0.296 e. The van der Waals surface area contributed by atoms with Crippen LogP contribution in [0.4, 0.5) is 11.4 Å². The first-order chi connectivity index (χ1) is 12.4. The van der Waals surface area contributed by atoms with Crippen LogP contribution in [0.1, 0.15) is 24.5 Å². The molecule has 0 atom stereocenters. The van der Waals surface area contributed by atoms with Crippen LogP contribution in [0.25, 0.3) is 5.76 Å². The Kier molecular flexibility index (Phi) is 6.27. The summed E-state index contributed by atoms with van der Waals surface area (Å²) in [5, 5.41) is 15.1. The fourth-order valence-corrected chi connectivity index (χ4v) is 2.08. The first kappa shape index (κ1) is 18.9. The zero-order chi connectivity index (χ0) is 19.1. The number of aliphatic hydroxyl groups excluding tert-OH is 1. The topological polar surface area (TPSA) is 95.5 Å². The second kappa shape index (κ2) is 8.62. The van der Waals surface area contributed by atoms with Gasteiger partial charge in [-0.15, -0.1) is 0 Å². The third-order valence-electron chi connectivity index (χ3n) is 3.59. The van der Waals surface area contributed by atoms with Crippen LogP contribution < -0.4 is 10.6 Å². The van der Waals surface area contributed by atoms with Gasteiger partial charge >= 0.3 is 0 Å². The van der Waals surface area contributed by atoms with Crippen molar-refractivity contribution >= 4 is 34.7 Å². The Morgan fingerprint density at radius 1 is 0.923 bits per heavy atom. The van der Waals surface area contributed by atoms with E-state index in [0.717, 1.165) is 11.6 Å². The molecule has 0 aliphatic carbocycles. The van der Waals surface area contributed by atoms with Crippen LogP contribution >= 0.6 is 0 Å². The zero-order valence-electron chi connectivity index (χ0n) is 14.6. The number of carbonyl (C=O) groups is 3. The van der Waals surface area contributed by atoms with E-state index in [0.29, 0.717) is 23.4 Å². The van der Waals surface area contributed by atoms with Gasteiger partial charge in [0.05, 0.1) is 0 Å². The van der Waals surface area contributed by atoms with Crippen LogP contribution in [0, 0.1) is 6.92 Å². The van der Waals surface area contributed by atoms with E-state index in [1.807, 2.05) is 6.92 Å². The average Bonchev–Trinajstić information content (AvgIpc) is 2.63. The number of carbonyl (C=O) groups excluding carboxylic acids is 3. The number of nitrogens with one attached hydrogen (secondary N) is 2. The predicted octanol–water partition coefficient (Wildman–Crippen LogP) is 3.45. The van der Waals surface area contributed by atoms with Crippen molar-refractivity contribution in [2.24, 2.45) is 0 Å². The quantitative estimate of drug-likeness (QED) is 0.421. The number of hydrogen-bond acceptors (Lipinski definition) is 4. The maximum absolute atomic E-state index is 12.0. The lowest BCUT2D eigenvalue weighted by atomic mass is 10.1. The minimum Gasteiger partial charge on any atom is -0.507 e. The number of hydrogen-bond donors (Lipinski definition) is 3. The van der Waals surface area contributed by atoms with Crippen LogP contribution in [0.2, 0.25) is 0 Å². The maximum Gasteiger partial charge on any atom is 0.296 e. The van der Waals surface area contributed by atoms with Gasteiger partial charge in [0.1, 0.15) is 5.76 Å². The van der Waals surface area contributed by atoms with Crippen LogP contribution in [0.5, 0.6) is 0 Å². The summed E-state index contributed by atoms with van der Waals surface area (Å²) in [7, 11) is 0. The van der Waals surface area contributed by atoms with Crippen molar-refractivity contribution in [1.82, 2.24) is 0 Å². The molecule has 26 heavy (non-hydrogen) atoms. The monoisotopic (exact) mass is 352 g/mol. The Bertz CT molecular complexity index is 837. The number of benzene rings is 2. The van der Waals surface area contributed by atoms with E-state index in [1.54, 1.807) is 55.5 Å². The van der Waals surface area contributed by atoms with E-state index in [9.17, 15) is 19.5 Å². The molecular formula is C20H20N2O4. The molecule has 0 aliphatic heterocycles. The average molecular weight is 352 g/mol. The summed E-state index contributed by atoms with van der Waals surface area (Å²) in [4.78, 5) is 35.2. The summed E-state index contributed by atoms with van der Waals surface area (Å²) >= 11 is 0. The molecule has 0 bridgehead atoms. The van der Waals surface area contributed by atoms with E-state index >= 15 is 0 Å². The molecule has 0 unspecified atom stereocenters. The second-order valence-electron chi connectivity index (χ2n) is 5.69. The van der Waals surface area contributed by atoms with Crippen molar-refractivity contribution in [1.29, 1.82) is 0 Å². The first-order valence-electron chi connectivity index (χ1n) is 8.12. The van der Waals surface area contributed by atoms with Gasteiger partial charge < -0.3 is 15.7 Å². The third kappa shape index (κ3) is 5.31. The zero-order valence-corrected chi connectivity index (χ0v) is 14.6. The normalized spacial score (nSPS) is 10.9. The Hall–Kier alpha value is -3.41. The summed E-state index contributed by atoms with van der Waals surface area (Å²) in [6.45, 7) is 3.65. The van der Waals surface area contributed by atoms with Gasteiger partial charge in [0.15, 0.2) is 0 Å². The highest BCUT2D eigenvalue weighted by molar-refractivity contribution is 6.45. The molecule has 2 aromatic rings. The van der Waals surface area contributed by atoms with E-state index in [4.69, 9.17) is 0 Å². The largest absolute Gasteiger partial charge is 0.507 e. The summed E-state index contributed by atoms with van der Waals surface area (Å²) in [6.07, 6.45) is 1.25. The summed E-state index contributed by atoms with van der Waals surface area (Å²) in [5.74, 6) is -2.13. The molecule has 6 heteroatoms. The lowest BCUT2D eigenvalue weighted by molar-refractivity contribution is -0.131. The molecule has 0 saturated heterocycles. The van der Waals surface area contributed by atoms with Crippen molar-refractivity contribution in [2.45, 2.75) is 20.3 Å². The van der Waals surface area contributed by atoms with Crippen molar-refractivity contribution in [3.05, 3.63) is 65.7 Å². The standard InChI is InChI=1S/C20H20N2O4/c1-3-19(25)21-15-8-10-16(11-9-15)22-20(26)18(24)12-17(23)14-6-4-13(2)5-7-14/h4-12,23H,3H2,1-2H3,(H,21,25)(H,22,26)/b17-12-. The summed E-state index contributed by atoms with van der Waals surface area (Å²) < 4.78 is 0. The fourth-order valence-electron chi connectivity index (χ4n) is 2.08. The number of aliphatic hydroxyl groups is 1. The predicted molar refractivity (Wildman–Crippen MR) is 101 cm³/mol. The van der Waals surface area contributed by atoms with Crippen LogP contribution in [-0.2, 0) is 14.4 Å². The van der Waals surface area contributed by atoms with E-state index < -0.39 is 11.7 Å². The molecule has 0 fully saturated rings. The summed E-state index contributed by atoms with van der Waals surface area (Å²) in [6, 6.07) is 13.3. The molecule has 2 aromatic carbocycles. The molecular weight excluding hydrogens is 332 g/mol. The lowest BCUT2D eigenvalue weighted by Crippen LogP contribution is -2.21. The van der Waals surface area contributed by atoms with Crippen molar-refractivity contribution in [2.75, 3.05) is 10.6 Å². The molecule has 3 N–H and O–H groups in total. The molecule has 2 rings (SSSR count). The Balaban J connectivity index is 2.00. The number of ketones is 1. The molecule has 0 heterocycles.